The molecule has 1 aliphatic carbocycles. The molecule has 6 rings (SSSR count). The van der Waals surface area contributed by atoms with Crippen LogP contribution >= 0.6 is 0 Å². The highest BCUT2D eigenvalue weighted by Crippen LogP contribution is 2.50. The Morgan fingerprint density at radius 2 is 1.03 bits per heavy atom. The van der Waals surface area contributed by atoms with E-state index < -0.39 is 11.6 Å². The SMILES string of the molecule is CC1(C)c2ccccc2-c2ccc(-c3ccc(-c4cc(F)cc(F)c4)c4ccccc34)cc21. The zero-order valence-electron chi connectivity index (χ0n) is 18.5. The zero-order chi connectivity index (χ0) is 22.7. The van der Waals surface area contributed by atoms with E-state index in [2.05, 4.69) is 68.4 Å². The van der Waals surface area contributed by atoms with Gasteiger partial charge in [-0.3, -0.25) is 0 Å². The quantitative estimate of drug-likeness (QED) is 0.261. The monoisotopic (exact) mass is 432 g/mol. The fraction of sp³-hybridized carbons (Fsp3) is 0.0968. The van der Waals surface area contributed by atoms with E-state index in [1.165, 1.54) is 34.4 Å². The summed E-state index contributed by atoms with van der Waals surface area (Å²) >= 11 is 0. The van der Waals surface area contributed by atoms with Crippen molar-refractivity contribution in [3.05, 3.63) is 120 Å². The summed E-state index contributed by atoms with van der Waals surface area (Å²) in [4.78, 5) is 0. The van der Waals surface area contributed by atoms with Crippen molar-refractivity contribution in [1.82, 2.24) is 0 Å². The fourth-order valence-corrected chi connectivity index (χ4v) is 5.38. The molecule has 0 saturated carbocycles. The lowest BCUT2D eigenvalue weighted by molar-refractivity contribution is 0.584. The molecule has 0 heterocycles. The van der Waals surface area contributed by atoms with Crippen LogP contribution in [0.5, 0.6) is 0 Å². The smallest absolute Gasteiger partial charge is 0.126 e. The predicted octanol–water partition coefficient (Wildman–Crippen LogP) is 8.76. The van der Waals surface area contributed by atoms with Gasteiger partial charge in [0.1, 0.15) is 11.6 Å². The van der Waals surface area contributed by atoms with Gasteiger partial charge in [-0.2, -0.15) is 0 Å². The molecule has 0 saturated heterocycles. The maximum atomic E-state index is 13.9. The molecule has 0 aliphatic heterocycles. The predicted molar refractivity (Wildman–Crippen MR) is 132 cm³/mol. The Kier molecular flexibility index (Phi) is 4.28. The van der Waals surface area contributed by atoms with Crippen LogP contribution < -0.4 is 0 Å². The molecule has 0 spiro atoms. The highest BCUT2D eigenvalue weighted by atomic mass is 19.1. The summed E-state index contributed by atoms with van der Waals surface area (Å²) in [6, 6.07) is 31.1. The van der Waals surface area contributed by atoms with Crippen LogP contribution in [-0.2, 0) is 5.41 Å². The van der Waals surface area contributed by atoms with Gasteiger partial charge in [0.15, 0.2) is 0 Å². The molecule has 33 heavy (non-hydrogen) atoms. The Bertz CT molecular complexity index is 1540. The van der Waals surface area contributed by atoms with Crippen LogP contribution in [0.15, 0.2) is 97.1 Å². The largest absolute Gasteiger partial charge is 0.207 e. The molecule has 0 amide bonds. The van der Waals surface area contributed by atoms with Crippen molar-refractivity contribution in [3.8, 4) is 33.4 Å². The molecule has 5 aromatic rings. The highest BCUT2D eigenvalue weighted by Gasteiger charge is 2.35. The van der Waals surface area contributed by atoms with Crippen molar-refractivity contribution in [1.29, 1.82) is 0 Å². The lowest BCUT2D eigenvalue weighted by Crippen LogP contribution is -2.14. The molecule has 0 fully saturated rings. The van der Waals surface area contributed by atoms with Crippen LogP contribution in [0.1, 0.15) is 25.0 Å². The van der Waals surface area contributed by atoms with Crippen molar-refractivity contribution in [2.45, 2.75) is 19.3 Å². The van der Waals surface area contributed by atoms with Gasteiger partial charge in [-0.15, -0.1) is 0 Å². The summed E-state index contributed by atoms with van der Waals surface area (Å²) in [5, 5.41) is 2.04. The lowest BCUT2D eigenvalue weighted by atomic mass is 9.81. The molecular weight excluding hydrogens is 410 g/mol. The van der Waals surface area contributed by atoms with Crippen LogP contribution in [0, 0.1) is 11.6 Å². The summed E-state index contributed by atoms with van der Waals surface area (Å²) in [6.45, 7) is 4.56. The second-order valence-electron chi connectivity index (χ2n) is 9.30. The Morgan fingerprint density at radius 1 is 0.485 bits per heavy atom. The number of rotatable bonds is 2. The minimum Gasteiger partial charge on any atom is -0.207 e. The molecule has 0 atom stereocenters. The van der Waals surface area contributed by atoms with E-state index in [1.807, 2.05) is 24.3 Å². The van der Waals surface area contributed by atoms with Gasteiger partial charge in [-0.25, -0.2) is 8.78 Å². The first-order chi connectivity index (χ1) is 15.9. The topological polar surface area (TPSA) is 0 Å². The van der Waals surface area contributed by atoms with Crippen LogP contribution in [0.2, 0.25) is 0 Å². The van der Waals surface area contributed by atoms with Gasteiger partial charge < -0.3 is 0 Å². The molecule has 1 aliphatic rings. The fourth-order valence-electron chi connectivity index (χ4n) is 5.38. The van der Waals surface area contributed by atoms with E-state index in [4.69, 9.17) is 0 Å². The van der Waals surface area contributed by atoms with Crippen molar-refractivity contribution < 1.29 is 8.78 Å². The van der Waals surface area contributed by atoms with Gasteiger partial charge in [0.05, 0.1) is 0 Å². The Balaban J connectivity index is 1.55. The zero-order valence-corrected chi connectivity index (χ0v) is 18.5. The molecule has 0 radical (unpaired) electrons. The first kappa shape index (κ1) is 19.9. The first-order valence-corrected chi connectivity index (χ1v) is 11.2. The molecule has 0 nitrogen and oxygen atoms in total. The van der Waals surface area contributed by atoms with Gasteiger partial charge in [0.2, 0.25) is 0 Å². The second kappa shape index (κ2) is 7.11. The van der Waals surface area contributed by atoms with Crippen LogP contribution in [0.25, 0.3) is 44.2 Å². The molecule has 160 valence electrons. The molecule has 2 heteroatoms. The van der Waals surface area contributed by atoms with E-state index >= 15 is 0 Å². The maximum Gasteiger partial charge on any atom is 0.126 e. The molecular formula is C31H22F2. The lowest BCUT2D eigenvalue weighted by Gasteiger charge is -2.22. The maximum absolute atomic E-state index is 13.9. The van der Waals surface area contributed by atoms with Gasteiger partial charge in [-0.1, -0.05) is 86.6 Å². The molecule has 5 aromatic carbocycles. The second-order valence-corrected chi connectivity index (χ2v) is 9.30. The third-order valence-electron chi connectivity index (χ3n) is 6.99. The standard InChI is InChI=1S/C31H22F2/c1-31(2)29-10-6-5-9-27(29)28-12-11-19(17-30(28)31)23-13-14-24(26-8-4-3-7-25(23)26)20-15-21(32)18-22(33)16-20/h3-18H,1-2H3. The average Bonchev–Trinajstić information content (AvgIpc) is 3.04. The minimum atomic E-state index is -0.571. The van der Waals surface area contributed by atoms with Crippen molar-refractivity contribution in [2.75, 3.05) is 0 Å². The van der Waals surface area contributed by atoms with Crippen molar-refractivity contribution >= 4 is 10.8 Å². The molecule has 0 bridgehead atoms. The van der Waals surface area contributed by atoms with Gasteiger partial charge >= 0.3 is 0 Å². The van der Waals surface area contributed by atoms with Gasteiger partial charge in [0.25, 0.3) is 0 Å². The molecule has 0 N–H and O–H groups in total. The van der Waals surface area contributed by atoms with E-state index in [-0.39, 0.29) is 5.41 Å². The number of hydrogen-bond acceptors (Lipinski definition) is 0. The Morgan fingerprint density at radius 3 is 1.73 bits per heavy atom. The number of hydrogen-bond donors (Lipinski definition) is 0. The normalized spacial score (nSPS) is 13.7. The average molecular weight is 433 g/mol. The third kappa shape index (κ3) is 3.01. The highest BCUT2D eigenvalue weighted by molar-refractivity contribution is 6.05. The molecule has 0 aromatic heterocycles. The summed E-state index contributed by atoms with van der Waals surface area (Å²) in [7, 11) is 0. The first-order valence-electron chi connectivity index (χ1n) is 11.2. The summed E-state index contributed by atoms with van der Waals surface area (Å²) in [5.74, 6) is -1.14. The molecule has 0 unspecified atom stereocenters. The summed E-state index contributed by atoms with van der Waals surface area (Å²) in [6.07, 6.45) is 0. The Hall–Kier alpha value is -3.78. The van der Waals surface area contributed by atoms with E-state index in [1.54, 1.807) is 0 Å². The Labute approximate surface area is 192 Å². The minimum absolute atomic E-state index is 0.0726. The van der Waals surface area contributed by atoms with Crippen LogP contribution in [0.4, 0.5) is 8.78 Å². The van der Waals surface area contributed by atoms with Crippen LogP contribution in [-0.4, -0.2) is 0 Å². The van der Waals surface area contributed by atoms with Crippen molar-refractivity contribution in [2.24, 2.45) is 0 Å². The van der Waals surface area contributed by atoms with E-state index in [9.17, 15) is 8.78 Å². The van der Waals surface area contributed by atoms with Crippen LogP contribution in [0.3, 0.4) is 0 Å². The number of fused-ring (bicyclic) bond motifs is 4. The van der Waals surface area contributed by atoms with Crippen molar-refractivity contribution in [3.63, 3.8) is 0 Å². The summed E-state index contributed by atoms with van der Waals surface area (Å²) < 4.78 is 27.9. The van der Waals surface area contributed by atoms with E-state index in [0.29, 0.717) is 5.56 Å². The summed E-state index contributed by atoms with van der Waals surface area (Å²) in [5.41, 5.74) is 8.81. The number of halogens is 2. The van der Waals surface area contributed by atoms with Gasteiger partial charge in [-0.05, 0) is 73.5 Å². The number of benzene rings is 5. The van der Waals surface area contributed by atoms with E-state index in [0.717, 1.165) is 33.5 Å². The van der Waals surface area contributed by atoms with Gasteiger partial charge in [0, 0.05) is 11.5 Å². The third-order valence-corrected chi connectivity index (χ3v) is 6.99.